The molecule has 6 heteroatoms. The van der Waals surface area contributed by atoms with Gasteiger partial charge in [-0.3, -0.25) is 9.69 Å². The van der Waals surface area contributed by atoms with E-state index in [2.05, 4.69) is 22.3 Å². The van der Waals surface area contributed by atoms with Crippen LogP contribution in [-0.2, 0) is 16.1 Å². The molecule has 0 bridgehead atoms. The van der Waals surface area contributed by atoms with Gasteiger partial charge in [-0.1, -0.05) is 36.4 Å². The summed E-state index contributed by atoms with van der Waals surface area (Å²) >= 11 is 0. The standard InChI is InChI=1S/C21H24F2N2O2/c1-27-14-24-21(26)17-9-10-25(12-15-5-3-2-4-6-15)13-18(17)16-7-8-19(22)20(23)11-16/h2-8,11,17-18H,9-10,12-14H2,1H3,(H,24,26). The molecule has 0 aliphatic carbocycles. The molecule has 1 aliphatic rings. The summed E-state index contributed by atoms with van der Waals surface area (Å²) in [7, 11) is 1.51. The number of carbonyl (C=O) groups is 1. The van der Waals surface area contributed by atoms with Crippen LogP contribution in [-0.4, -0.2) is 37.7 Å². The van der Waals surface area contributed by atoms with Crippen molar-refractivity contribution in [2.24, 2.45) is 5.92 Å². The van der Waals surface area contributed by atoms with E-state index in [4.69, 9.17) is 4.74 Å². The maximum absolute atomic E-state index is 13.8. The van der Waals surface area contributed by atoms with Gasteiger partial charge in [0, 0.05) is 32.0 Å². The third kappa shape index (κ3) is 4.90. The molecule has 0 radical (unpaired) electrons. The minimum absolute atomic E-state index is 0.119. The number of piperidine rings is 1. The van der Waals surface area contributed by atoms with Gasteiger partial charge >= 0.3 is 0 Å². The number of benzene rings is 2. The molecule has 1 heterocycles. The normalized spacial score (nSPS) is 20.4. The van der Waals surface area contributed by atoms with Gasteiger partial charge in [0.15, 0.2) is 11.6 Å². The van der Waals surface area contributed by atoms with Gasteiger partial charge in [0.1, 0.15) is 6.73 Å². The van der Waals surface area contributed by atoms with E-state index in [-0.39, 0.29) is 24.5 Å². The van der Waals surface area contributed by atoms with E-state index in [0.717, 1.165) is 19.2 Å². The van der Waals surface area contributed by atoms with Crippen LogP contribution in [0.5, 0.6) is 0 Å². The maximum atomic E-state index is 13.8. The summed E-state index contributed by atoms with van der Waals surface area (Å²) in [5.74, 6) is -2.41. The molecule has 2 atom stereocenters. The number of hydrogen-bond donors (Lipinski definition) is 1. The van der Waals surface area contributed by atoms with Gasteiger partial charge in [-0.25, -0.2) is 8.78 Å². The number of halogens is 2. The lowest BCUT2D eigenvalue weighted by molar-refractivity contribution is -0.128. The molecule has 1 amide bonds. The number of ether oxygens (including phenoxy) is 1. The molecule has 1 N–H and O–H groups in total. The van der Waals surface area contributed by atoms with Crippen LogP contribution in [0.15, 0.2) is 48.5 Å². The van der Waals surface area contributed by atoms with Crippen molar-refractivity contribution in [2.45, 2.75) is 18.9 Å². The van der Waals surface area contributed by atoms with Crippen molar-refractivity contribution in [3.63, 3.8) is 0 Å². The quantitative estimate of drug-likeness (QED) is 0.789. The molecule has 144 valence electrons. The summed E-state index contributed by atoms with van der Waals surface area (Å²) in [5, 5.41) is 2.74. The van der Waals surface area contributed by atoms with Crippen molar-refractivity contribution >= 4 is 5.91 Å². The Bertz CT molecular complexity index is 770. The Kier molecular flexibility index (Phi) is 6.53. The van der Waals surface area contributed by atoms with E-state index >= 15 is 0 Å². The van der Waals surface area contributed by atoms with Crippen molar-refractivity contribution < 1.29 is 18.3 Å². The zero-order valence-corrected chi connectivity index (χ0v) is 15.3. The van der Waals surface area contributed by atoms with Gasteiger partial charge in [-0.05, 0) is 36.2 Å². The highest BCUT2D eigenvalue weighted by Crippen LogP contribution is 2.34. The zero-order valence-electron chi connectivity index (χ0n) is 15.3. The van der Waals surface area contributed by atoms with Crippen LogP contribution in [0.25, 0.3) is 0 Å². The fraction of sp³-hybridized carbons (Fsp3) is 0.381. The third-order valence-electron chi connectivity index (χ3n) is 5.05. The highest BCUT2D eigenvalue weighted by atomic mass is 19.2. The first-order valence-electron chi connectivity index (χ1n) is 9.06. The second kappa shape index (κ2) is 9.06. The highest BCUT2D eigenvalue weighted by molar-refractivity contribution is 5.79. The zero-order chi connectivity index (χ0) is 19.2. The van der Waals surface area contributed by atoms with E-state index in [9.17, 15) is 13.6 Å². The molecule has 0 aromatic heterocycles. The molecule has 3 rings (SSSR count). The van der Waals surface area contributed by atoms with Crippen LogP contribution in [0.2, 0.25) is 0 Å². The molecular formula is C21H24F2N2O2. The first-order chi connectivity index (χ1) is 13.1. The van der Waals surface area contributed by atoms with E-state index in [1.54, 1.807) is 6.07 Å². The predicted molar refractivity (Wildman–Crippen MR) is 98.9 cm³/mol. The van der Waals surface area contributed by atoms with Gasteiger partial charge in [-0.2, -0.15) is 0 Å². The molecule has 1 aliphatic heterocycles. The lowest BCUT2D eigenvalue weighted by Crippen LogP contribution is -2.45. The van der Waals surface area contributed by atoms with Gasteiger partial charge in [0.05, 0.1) is 0 Å². The van der Waals surface area contributed by atoms with Crippen molar-refractivity contribution in [3.8, 4) is 0 Å². The number of methoxy groups -OCH3 is 1. The largest absolute Gasteiger partial charge is 0.364 e. The van der Waals surface area contributed by atoms with Crippen LogP contribution >= 0.6 is 0 Å². The molecule has 27 heavy (non-hydrogen) atoms. The smallest absolute Gasteiger partial charge is 0.225 e. The Morgan fingerprint density at radius 3 is 2.67 bits per heavy atom. The second-order valence-electron chi connectivity index (χ2n) is 6.87. The minimum atomic E-state index is -0.885. The first kappa shape index (κ1) is 19.5. The number of nitrogens with one attached hydrogen (secondary N) is 1. The molecule has 0 spiro atoms. The van der Waals surface area contributed by atoms with E-state index in [1.165, 1.54) is 18.7 Å². The van der Waals surface area contributed by atoms with Crippen LogP contribution in [0.4, 0.5) is 8.78 Å². The number of likely N-dealkylation sites (tertiary alicyclic amines) is 1. The monoisotopic (exact) mass is 374 g/mol. The average molecular weight is 374 g/mol. The number of carbonyl (C=O) groups excluding carboxylic acids is 1. The van der Waals surface area contributed by atoms with Gasteiger partial charge < -0.3 is 10.1 Å². The topological polar surface area (TPSA) is 41.6 Å². The van der Waals surface area contributed by atoms with E-state index < -0.39 is 11.6 Å². The summed E-state index contributed by atoms with van der Waals surface area (Å²) in [6.45, 7) is 2.26. The molecule has 1 saturated heterocycles. The molecule has 2 aromatic carbocycles. The van der Waals surface area contributed by atoms with Crippen LogP contribution in [0.3, 0.4) is 0 Å². The van der Waals surface area contributed by atoms with Crippen molar-refractivity contribution in [2.75, 3.05) is 26.9 Å². The first-order valence-corrected chi connectivity index (χ1v) is 9.06. The Morgan fingerprint density at radius 1 is 1.19 bits per heavy atom. The number of hydrogen-bond acceptors (Lipinski definition) is 3. The number of nitrogens with zero attached hydrogens (tertiary/aromatic N) is 1. The Hall–Kier alpha value is -2.31. The van der Waals surface area contributed by atoms with Gasteiger partial charge in [0.2, 0.25) is 5.91 Å². The van der Waals surface area contributed by atoms with Crippen LogP contribution in [0, 0.1) is 17.6 Å². The minimum Gasteiger partial charge on any atom is -0.364 e. The van der Waals surface area contributed by atoms with Crippen molar-refractivity contribution in [3.05, 3.63) is 71.3 Å². The fourth-order valence-corrected chi connectivity index (χ4v) is 3.67. The van der Waals surface area contributed by atoms with E-state index in [1.807, 2.05) is 18.2 Å². The molecule has 0 saturated carbocycles. The molecule has 2 unspecified atom stereocenters. The van der Waals surface area contributed by atoms with Crippen LogP contribution in [0.1, 0.15) is 23.5 Å². The SMILES string of the molecule is COCNC(=O)C1CCN(Cc2ccccc2)CC1c1ccc(F)c(F)c1. The van der Waals surface area contributed by atoms with Crippen LogP contribution < -0.4 is 5.32 Å². The summed E-state index contributed by atoms with van der Waals surface area (Å²) < 4.78 is 32.1. The molecule has 1 fully saturated rings. The molecule has 4 nitrogen and oxygen atoms in total. The average Bonchev–Trinajstić information content (AvgIpc) is 2.69. The third-order valence-corrected chi connectivity index (χ3v) is 5.05. The lowest BCUT2D eigenvalue weighted by atomic mass is 9.80. The molecular weight excluding hydrogens is 350 g/mol. The van der Waals surface area contributed by atoms with E-state index in [0.29, 0.717) is 18.5 Å². The summed E-state index contributed by atoms with van der Waals surface area (Å²) in [6.07, 6.45) is 0.645. The summed E-state index contributed by atoms with van der Waals surface area (Å²) in [5.41, 5.74) is 1.83. The lowest BCUT2D eigenvalue weighted by Gasteiger charge is -2.38. The summed E-state index contributed by atoms with van der Waals surface area (Å²) in [4.78, 5) is 14.8. The predicted octanol–water partition coefficient (Wildman–Crippen LogP) is 3.29. The number of rotatable bonds is 6. The van der Waals surface area contributed by atoms with Gasteiger partial charge in [0.25, 0.3) is 0 Å². The Morgan fingerprint density at radius 2 is 1.96 bits per heavy atom. The van der Waals surface area contributed by atoms with Crippen molar-refractivity contribution in [1.29, 1.82) is 0 Å². The highest BCUT2D eigenvalue weighted by Gasteiger charge is 2.35. The Labute approximate surface area is 158 Å². The summed E-state index contributed by atoms with van der Waals surface area (Å²) in [6, 6.07) is 14.0. The van der Waals surface area contributed by atoms with Crippen molar-refractivity contribution in [1.82, 2.24) is 10.2 Å². The maximum Gasteiger partial charge on any atom is 0.225 e. The Balaban J connectivity index is 1.80. The second-order valence-corrected chi connectivity index (χ2v) is 6.87. The number of amides is 1. The van der Waals surface area contributed by atoms with Gasteiger partial charge in [-0.15, -0.1) is 0 Å². The fourth-order valence-electron chi connectivity index (χ4n) is 3.67. The molecule has 2 aromatic rings.